The van der Waals surface area contributed by atoms with Crippen LogP contribution in [0.1, 0.15) is 6.92 Å². The van der Waals surface area contributed by atoms with Crippen molar-refractivity contribution in [3.05, 3.63) is 65.9 Å². The fraction of sp³-hybridized carbons (Fsp3) is 0.111. The third-order valence-electron chi connectivity index (χ3n) is 4.03. The number of nitrogens with zero attached hydrogens (tertiary/aromatic N) is 1. The molecule has 2 heterocycles. The number of benzene rings is 2. The maximum atomic E-state index is 12.9. The monoisotopic (exact) mass is 337 g/mol. The Balaban J connectivity index is 1.67. The summed E-state index contributed by atoms with van der Waals surface area (Å²) in [5.74, 6) is -0.292. The predicted molar refractivity (Wildman–Crippen MR) is 94.5 cm³/mol. The van der Waals surface area contributed by atoms with Gasteiger partial charge in [0.15, 0.2) is 5.78 Å². The number of carbonyl (C=O) groups excluding carboxylic acids is 2. The fourth-order valence-electron chi connectivity index (χ4n) is 2.95. The van der Waals surface area contributed by atoms with Gasteiger partial charge in [-0.25, -0.2) is 0 Å². The summed E-state index contributed by atoms with van der Waals surface area (Å²) in [6.07, 6.45) is 0. The van der Waals surface area contributed by atoms with Crippen LogP contribution in [0.3, 0.4) is 0 Å². The second-order valence-corrected chi connectivity index (χ2v) is 6.70. The molecule has 2 aliphatic heterocycles. The number of rotatable bonds is 4. The standard InChI is InChI=1S/C18H15N3O2S/c1-11(22)15-16(20-19-12-7-3-2-4-8-12)17(23)21-13-9-5-6-10-14(13)24-18(15)21/h2-10,18-20H,1H3. The number of fused-ring (bicyclic) bond motifs is 3. The summed E-state index contributed by atoms with van der Waals surface area (Å²) in [4.78, 5) is 27.8. The molecule has 0 radical (unpaired) electrons. The highest BCUT2D eigenvalue weighted by Gasteiger charge is 2.47. The van der Waals surface area contributed by atoms with Crippen LogP contribution < -0.4 is 15.8 Å². The summed E-state index contributed by atoms with van der Waals surface area (Å²) in [6, 6.07) is 17.2. The average molecular weight is 337 g/mol. The lowest BCUT2D eigenvalue weighted by Crippen LogP contribution is -2.33. The number of carbonyl (C=O) groups is 2. The van der Waals surface area contributed by atoms with Gasteiger partial charge in [0.2, 0.25) is 0 Å². The molecule has 2 aromatic rings. The van der Waals surface area contributed by atoms with Crippen molar-refractivity contribution in [1.82, 2.24) is 5.43 Å². The van der Waals surface area contributed by atoms with E-state index in [2.05, 4.69) is 10.9 Å². The van der Waals surface area contributed by atoms with Gasteiger partial charge in [-0.15, -0.1) is 0 Å². The van der Waals surface area contributed by atoms with E-state index in [4.69, 9.17) is 0 Å². The smallest absolute Gasteiger partial charge is 0.277 e. The first-order chi connectivity index (χ1) is 11.7. The zero-order valence-corrected chi connectivity index (χ0v) is 13.8. The lowest BCUT2D eigenvalue weighted by molar-refractivity contribution is -0.115. The molecule has 0 bridgehead atoms. The third-order valence-corrected chi connectivity index (χ3v) is 5.30. The molecule has 0 aliphatic carbocycles. The van der Waals surface area contributed by atoms with Gasteiger partial charge in [0.25, 0.3) is 5.91 Å². The van der Waals surface area contributed by atoms with Crippen LogP contribution in [0.25, 0.3) is 0 Å². The van der Waals surface area contributed by atoms with Crippen molar-refractivity contribution in [2.24, 2.45) is 0 Å². The number of para-hydroxylation sites is 2. The van der Waals surface area contributed by atoms with Crippen molar-refractivity contribution >= 4 is 34.8 Å². The summed E-state index contributed by atoms with van der Waals surface area (Å²) in [7, 11) is 0. The number of hydrogen-bond donors (Lipinski definition) is 2. The number of thioether (sulfide) groups is 1. The number of amides is 1. The van der Waals surface area contributed by atoms with Crippen LogP contribution in [0.4, 0.5) is 11.4 Å². The maximum Gasteiger partial charge on any atom is 0.277 e. The number of ketones is 1. The second kappa shape index (κ2) is 5.72. The van der Waals surface area contributed by atoms with Crippen LogP contribution >= 0.6 is 11.8 Å². The normalized spacial score (nSPS) is 18.5. The zero-order chi connectivity index (χ0) is 16.7. The number of hydrogen-bond acceptors (Lipinski definition) is 5. The van der Waals surface area contributed by atoms with Gasteiger partial charge in [-0.1, -0.05) is 42.1 Å². The highest BCUT2D eigenvalue weighted by Crippen LogP contribution is 2.49. The quantitative estimate of drug-likeness (QED) is 0.840. The number of hydrazine groups is 1. The maximum absolute atomic E-state index is 12.9. The number of nitrogens with one attached hydrogen (secondary N) is 2. The number of anilines is 2. The predicted octanol–water partition coefficient (Wildman–Crippen LogP) is 2.92. The van der Waals surface area contributed by atoms with Crippen molar-refractivity contribution in [1.29, 1.82) is 0 Å². The zero-order valence-electron chi connectivity index (χ0n) is 12.9. The van der Waals surface area contributed by atoms with E-state index in [-0.39, 0.29) is 17.1 Å². The first kappa shape index (κ1) is 14.8. The Morgan fingerprint density at radius 3 is 2.50 bits per heavy atom. The van der Waals surface area contributed by atoms with Gasteiger partial charge in [0, 0.05) is 4.90 Å². The summed E-state index contributed by atoms with van der Waals surface area (Å²) in [5, 5.41) is -0.299. The Hall–Kier alpha value is -2.73. The molecule has 24 heavy (non-hydrogen) atoms. The first-order valence-corrected chi connectivity index (χ1v) is 8.46. The molecule has 6 heteroatoms. The first-order valence-electron chi connectivity index (χ1n) is 7.58. The van der Waals surface area contributed by atoms with Gasteiger partial charge in [0.1, 0.15) is 11.1 Å². The third kappa shape index (κ3) is 2.27. The minimum Gasteiger partial charge on any atom is -0.301 e. The summed E-state index contributed by atoms with van der Waals surface area (Å²) in [6.45, 7) is 1.50. The van der Waals surface area contributed by atoms with E-state index in [9.17, 15) is 9.59 Å². The molecular weight excluding hydrogens is 322 g/mol. The van der Waals surface area contributed by atoms with E-state index in [1.54, 1.807) is 4.90 Å². The Labute approximate surface area is 143 Å². The van der Waals surface area contributed by atoms with Gasteiger partial charge in [-0.2, -0.15) is 0 Å². The molecular formula is C18H15N3O2S. The molecule has 2 N–H and O–H groups in total. The molecule has 1 unspecified atom stereocenters. The van der Waals surface area contributed by atoms with E-state index in [0.29, 0.717) is 11.3 Å². The fourth-order valence-corrected chi connectivity index (χ4v) is 4.35. The van der Waals surface area contributed by atoms with E-state index < -0.39 is 0 Å². The molecule has 1 amide bonds. The summed E-state index contributed by atoms with van der Waals surface area (Å²) in [5.41, 5.74) is 8.44. The van der Waals surface area contributed by atoms with Crippen LogP contribution in [-0.4, -0.2) is 17.1 Å². The van der Waals surface area contributed by atoms with Gasteiger partial charge in [-0.3, -0.25) is 19.9 Å². The van der Waals surface area contributed by atoms with Crippen LogP contribution in [0.5, 0.6) is 0 Å². The van der Waals surface area contributed by atoms with Crippen LogP contribution in [0.15, 0.2) is 70.8 Å². The minimum atomic E-state index is -0.299. The molecule has 0 spiro atoms. The van der Waals surface area contributed by atoms with E-state index in [0.717, 1.165) is 16.3 Å². The second-order valence-electron chi connectivity index (χ2n) is 5.57. The molecule has 4 rings (SSSR count). The number of Topliss-reactive ketones (excluding diaryl/α,β-unsaturated/α-hetero) is 1. The van der Waals surface area contributed by atoms with Crippen LogP contribution in [0.2, 0.25) is 0 Å². The van der Waals surface area contributed by atoms with Crippen LogP contribution in [-0.2, 0) is 9.59 Å². The Bertz CT molecular complexity index is 864. The van der Waals surface area contributed by atoms with E-state index in [1.807, 2.05) is 54.6 Å². The Morgan fingerprint density at radius 2 is 1.75 bits per heavy atom. The lowest BCUT2D eigenvalue weighted by atomic mass is 10.1. The Morgan fingerprint density at radius 1 is 1.04 bits per heavy atom. The summed E-state index contributed by atoms with van der Waals surface area (Å²) < 4.78 is 0. The van der Waals surface area contributed by atoms with Crippen molar-refractivity contribution in [2.45, 2.75) is 17.2 Å². The molecule has 0 saturated carbocycles. The topological polar surface area (TPSA) is 61.4 Å². The van der Waals surface area contributed by atoms with Gasteiger partial charge in [0.05, 0.1) is 16.9 Å². The molecule has 0 fully saturated rings. The van der Waals surface area contributed by atoms with Crippen molar-refractivity contribution in [2.75, 3.05) is 10.3 Å². The molecule has 2 aromatic carbocycles. The lowest BCUT2D eigenvalue weighted by Gasteiger charge is -2.17. The summed E-state index contributed by atoms with van der Waals surface area (Å²) >= 11 is 1.53. The molecule has 0 saturated heterocycles. The minimum absolute atomic E-state index is 0.103. The average Bonchev–Trinajstić information content (AvgIpc) is 3.09. The van der Waals surface area contributed by atoms with E-state index in [1.165, 1.54) is 18.7 Å². The SMILES string of the molecule is CC(=O)C1=C(NNc2ccccc2)C(=O)N2c3ccccc3SC12. The van der Waals surface area contributed by atoms with Gasteiger partial charge in [-0.05, 0) is 31.2 Å². The van der Waals surface area contributed by atoms with Gasteiger partial charge < -0.3 is 5.43 Å². The van der Waals surface area contributed by atoms with Crippen molar-refractivity contribution < 1.29 is 9.59 Å². The van der Waals surface area contributed by atoms with E-state index >= 15 is 0 Å². The molecule has 1 atom stereocenters. The van der Waals surface area contributed by atoms with Crippen molar-refractivity contribution in [3.63, 3.8) is 0 Å². The molecule has 120 valence electrons. The van der Waals surface area contributed by atoms with Crippen LogP contribution in [0, 0.1) is 0 Å². The largest absolute Gasteiger partial charge is 0.301 e. The molecule has 0 aromatic heterocycles. The molecule has 2 aliphatic rings. The molecule has 5 nitrogen and oxygen atoms in total. The Kier molecular flexibility index (Phi) is 3.54. The highest BCUT2D eigenvalue weighted by molar-refractivity contribution is 8.00. The van der Waals surface area contributed by atoms with Gasteiger partial charge >= 0.3 is 0 Å². The van der Waals surface area contributed by atoms with Crippen molar-refractivity contribution in [3.8, 4) is 0 Å². The highest BCUT2D eigenvalue weighted by atomic mass is 32.2.